The first-order valence-corrected chi connectivity index (χ1v) is 11.0. The Kier molecular flexibility index (Phi) is 5.71. The fourth-order valence-corrected chi connectivity index (χ4v) is 4.70. The number of fused-ring (bicyclic) bond motifs is 3. The van der Waals surface area contributed by atoms with Crippen molar-refractivity contribution in [3.8, 4) is 6.07 Å². The summed E-state index contributed by atoms with van der Waals surface area (Å²) in [5, 5.41) is 30.1. The molecule has 0 radical (unpaired) electrons. The first-order chi connectivity index (χ1) is 14.8. The van der Waals surface area contributed by atoms with E-state index in [0.717, 1.165) is 58.6 Å². The molecular formula is C23H31N7O. The highest BCUT2D eigenvalue weighted by Gasteiger charge is 2.28. The molecule has 3 aromatic rings. The third-order valence-corrected chi connectivity index (χ3v) is 6.17. The predicted molar refractivity (Wildman–Crippen MR) is 120 cm³/mol. The summed E-state index contributed by atoms with van der Waals surface area (Å²) in [5.41, 5.74) is 2.57. The maximum absolute atomic E-state index is 10.7. The maximum Gasteiger partial charge on any atom is 0.139 e. The summed E-state index contributed by atoms with van der Waals surface area (Å²) < 4.78 is 2.25. The van der Waals surface area contributed by atoms with Gasteiger partial charge in [0.1, 0.15) is 29.4 Å². The van der Waals surface area contributed by atoms with E-state index in [2.05, 4.69) is 41.4 Å². The third-order valence-electron chi connectivity index (χ3n) is 6.17. The van der Waals surface area contributed by atoms with E-state index in [0.29, 0.717) is 18.8 Å². The van der Waals surface area contributed by atoms with Crippen molar-refractivity contribution in [1.29, 1.82) is 10.7 Å². The second-order valence-corrected chi connectivity index (χ2v) is 9.91. The van der Waals surface area contributed by atoms with Gasteiger partial charge >= 0.3 is 0 Å². The molecule has 0 aliphatic heterocycles. The van der Waals surface area contributed by atoms with Crippen LogP contribution in [0.3, 0.4) is 0 Å². The Bertz CT molecular complexity index is 1120. The van der Waals surface area contributed by atoms with Gasteiger partial charge in [-0.1, -0.05) is 20.8 Å². The number of aromatic amines is 1. The van der Waals surface area contributed by atoms with Gasteiger partial charge in [-0.3, -0.25) is 10.6 Å². The number of pyridine rings is 1. The van der Waals surface area contributed by atoms with Gasteiger partial charge in [0.25, 0.3) is 0 Å². The molecule has 1 aliphatic rings. The monoisotopic (exact) mass is 421 g/mol. The quantitative estimate of drug-likeness (QED) is 0.299. The number of H-pyrrole nitrogens is 1. The summed E-state index contributed by atoms with van der Waals surface area (Å²) in [4.78, 5) is 12.5. The minimum atomic E-state index is -0.0848. The first kappa shape index (κ1) is 21.3. The van der Waals surface area contributed by atoms with Crippen molar-refractivity contribution >= 4 is 27.9 Å². The lowest BCUT2D eigenvalue weighted by Crippen LogP contribution is -2.31. The standard InChI is InChI=1S/C23H31N7O/c1-23(2,3)12-19(25)29(31)14-20-28-18-13-27-22-17(9-11-26-22)21(18)30(20)16-6-4-15(5-7-16)8-10-24/h9,11,13,15-16,25,31H,4-8,12,14H2,1-3H3,(H,26,27)/t15-,16-. The Balaban J connectivity index is 1.70. The molecule has 8 heteroatoms. The zero-order chi connectivity index (χ0) is 22.2. The van der Waals surface area contributed by atoms with Crippen molar-refractivity contribution in [2.75, 3.05) is 0 Å². The van der Waals surface area contributed by atoms with Crippen molar-refractivity contribution in [2.24, 2.45) is 11.3 Å². The van der Waals surface area contributed by atoms with Gasteiger partial charge in [0.2, 0.25) is 0 Å². The molecule has 1 fully saturated rings. The van der Waals surface area contributed by atoms with E-state index in [4.69, 9.17) is 15.7 Å². The summed E-state index contributed by atoms with van der Waals surface area (Å²) in [5.74, 6) is 1.40. The molecule has 3 N–H and O–H groups in total. The van der Waals surface area contributed by atoms with Crippen LogP contribution in [-0.4, -0.2) is 35.6 Å². The molecule has 4 rings (SSSR count). The van der Waals surface area contributed by atoms with Gasteiger partial charge in [0, 0.05) is 30.5 Å². The Labute approximate surface area is 182 Å². The van der Waals surface area contributed by atoms with Crippen LogP contribution in [0.1, 0.15) is 71.2 Å². The van der Waals surface area contributed by atoms with Crippen molar-refractivity contribution in [2.45, 2.75) is 71.9 Å². The summed E-state index contributed by atoms with van der Waals surface area (Å²) in [6.07, 6.45) is 8.74. The van der Waals surface area contributed by atoms with Gasteiger partial charge in [0.05, 0.1) is 17.8 Å². The highest BCUT2D eigenvalue weighted by atomic mass is 16.5. The van der Waals surface area contributed by atoms with E-state index in [1.54, 1.807) is 6.20 Å². The average Bonchev–Trinajstić information content (AvgIpc) is 3.31. The lowest BCUT2D eigenvalue weighted by molar-refractivity contribution is -0.0312. The number of nitrogens with zero attached hydrogens (tertiary/aromatic N) is 5. The minimum absolute atomic E-state index is 0.0848. The van der Waals surface area contributed by atoms with E-state index in [9.17, 15) is 5.21 Å². The van der Waals surface area contributed by atoms with Gasteiger partial charge in [0.15, 0.2) is 0 Å². The Hall–Kier alpha value is -2.92. The van der Waals surface area contributed by atoms with Gasteiger partial charge in [-0.25, -0.2) is 15.0 Å². The lowest BCUT2D eigenvalue weighted by Gasteiger charge is -2.31. The normalized spacial score (nSPS) is 19.6. The highest BCUT2D eigenvalue weighted by molar-refractivity contribution is 6.01. The molecule has 0 spiro atoms. The molecule has 0 unspecified atom stereocenters. The molecule has 0 aromatic carbocycles. The van der Waals surface area contributed by atoms with Crippen LogP contribution < -0.4 is 0 Å². The zero-order valence-electron chi connectivity index (χ0n) is 18.5. The van der Waals surface area contributed by atoms with Gasteiger partial charge < -0.3 is 9.55 Å². The smallest absolute Gasteiger partial charge is 0.139 e. The van der Waals surface area contributed by atoms with Crippen LogP contribution >= 0.6 is 0 Å². The van der Waals surface area contributed by atoms with Crippen LogP contribution in [-0.2, 0) is 6.54 Å². The van der Waals surface area contributed by atoms with E-state index < -0.39 is 0 Å². The Morgan fingerprint density at radius 2 is 2.10 bits per heavy atom. The summed E-state index contributed by atoms with van der Waals surface area (Å²) in [6, 6.07) is 4.58. The van der Waals surface area contributed by atoms with Crippen LogP contribution in [0, 0.1) is 28.1 Å². The first-order valence-electron chi connectivity index (χ1n) is 11.0. The molecule has 0 atom stereocenters. The van der Waals surface area contributed by atoms with Crippen molar-refractivity contribution in [3.05, 3.63) is 24.3 Å². The number of hydrogen-bond donors (Lipinski definition) is 3. The number of imidazole rings is 1. The topological polar surface area (TPSA) is 118 Å². The molecule has 31 heavy (non-hydrogen) atoms. The average molecular weight is 422 g/mol. The molecule has 3 aromatic heterocycles. The molecule has 3 heterocycles. The highest BCUT2D eigenvalue weighted by Crippen LogP contribution is 2.38. The van der Waals surface area contributed by atoms with Gasteiger partial charge in [-0.15, -0.1) is 0 Å². The second kappa shape index (κ2) is 8.31. The lowest BCUT2D eigenvalue weighted by atomic mass is 9.84. The summed E-state index contributed by atoms with van der Waals surface area (Å²) in [7, 11) is 0. The van der Waals surface area contributed by atoms with E-state index >= 15 is 0 Å². The molecule has 0 bridgehead atoms. The van der Waals surface area contributed by atoms with Gasteiger partial charge in [-0.05, 0) is 43.1 Å². The number of rotatable bonds is 5. The number of hydrogen-bond acceptors (Lipinski definition) is 5. The molecular weight excluding hydrogens is 390 g/mol. The van der Waals surface area contributed by atoms with Crippen LogP contribution in [0.15, 0.2) is 18.5 Å². The van der Waals surface area contributed by atoms with E-state index in [1.165, 1.54) is 0 Å². The van der Waals surface area contributed by atoms with E-state index in [-0.39, 0.29) is 23.8 Å². The molecule has 1 saturated carbocycles. The number of hydroxylamine groups is 2. The maximum atomic E-state index is 10.7. The largest absolute Gasteiger partial charge is 0.346 e. The number of aromatic nitrogens is 4. The zero-order valence-corrected chi connectivity index (χ0v) is 18.5. The van der Waals surface area contributed by atoms with Crippen molar-refractivity contribution in [1.82, 2.24) is 24.6 Å². The van der Waals surface area contributed by atoms with Crippen molar-refractivity contribution < 1.29 is 5.21 Å². The molecule has 8 nitrogen and oxygen atoms in total. The molecule has 164 valence electrons. The number of nitrogens with one attached hydrogen (secondary N) is 2. The van der Waals surface area contributed by atoms with Crippen LogP contribution in [0.5, 0.6) is 0 Å². The minimum Gasteiger partial charge on any atom is -0.346 e. The summed E-state index contributed by atoms with van der Waals surface area (Å²) in [6.45, 7) is 6.32. The Morgan fingerprint density at radius 1 is 1.35 bits per heavy atom. The van der Waals surface area contributed by atoms with Gasteiger partial charge in [-0.2, -0.15) is 5.26 Å². The van der Waals surface area contributed by atoms with Crippen LogP contribution in [0.25, 0.3) is 22.1 Å². The van der Waals surface area contributed by atoms with Crippen LogP contribution in [0.2, 0.25) is 0 Å². The predicted octanol–water partition coefficient (Wildman–Crippen LogP) is 5.16. The molecule has 1 aliphatic carbocycles. The molecule has 0 amide bonds. The fraction of sp³-hybridized carbons (Fsp3) is 0.565. The van der Waals surface area contributed by atoms with Crippen molar-refractivity contribution in [3.63, 3.8) is 0 Å². The number of nitriles is 1. The Morgan fingerprint density at radius 3 is 2.77 bits per heavy atom. The number of amidine groups is 1. The van der Waals surface area contributed by atoms with Crippen LogP contribution in [0.4, 0.5) is 0 Å². The molecule has 0 saturated heterocycles. The third kappa shape index (κ3) is 4.42. The summed E-state index contributed by atoms with van der Waals surface area (Å²) >= 11 is 0. The fourth-order valence-electron chi connectivity index (χ4n) is 4.70. The van der Waals surface area contributed by atoms with E-state index in [1.807, 2.05) is 12.3 Å². The SMILES string of the molecule is CC(C)(C)CC(=N)N(O)Cc1nc2cnc3[nH]ccc3c2n1[C@H]1CC[C@H](CC#N)CC1. The second-order valence-electron chi connectivity index (χ2n) is 9.91.